The molecular formula is C19H23ClF2N2. The summed E-state index contributed by atoms with van der Waals surface area (Å²) in [6, 6.07) is 13.5. The minimum absolute atomic E-state index is 0. The summed E-state index contributed by atoms with van der Waals surface area (Å²) in [7, 11) is 0. The van der Waals surface area contributed by atoms with E-state index in [1.54, 1.807) is 0 Å². The largest absolute Gasteiger partial charge is 0.328 e. The fraction of sp³-hybridized carbons (Fsp3) is 0.368. The van der Waals surface area contributed by atoms with Gasteiger partial charge in [0, 0.05) is 18.5 Å². The first-order valence-electron chi connectivity index (χ1n) is 8.10. The molecule has 1 saturated heterocycles. The summed E-state index contributed by atoms with van der Waals surface area (Å²) in [5.74, 6) is -0.378. The highest BCUT2D eigenvalue weighted by Gasteiger charge is 2.22. The second-order valence-corrected chi connectivity index (χ2v) is 6.29. The summed E-state index contributed by atoms with van der Waals surface area (Å²) in [5, 5.41) is 0. The average Bonchev–Trinajstić information content (AvgIpc) is 2.56. The van der Waals surface area contributed by atoms with E-state index in [0.717, 1.165) is 43.6 Å². The number of nitrogens with zero attached hydrogens (tertiary/aromatic N) is 1. The van der Waals surface area contributed by atoms with E-state index in [4.69, 9.17) is 5.73 Å². The van der Waals surface area contributed by atoms with Gasteiger partial charge in [0.15, 0.2) is 0 Å². The third-order valence-corrected chi connectivity index (χ3v) is 4.62. The molecule has 1 aliphatic heterocycles. The van der Waals surface area contributed by atoms with Gasteiger partial charge in [-0.2, -0.15) is 0 Å². The van der Waals surface area contributed by atoms with Crippen molar-refractivity contribution in [2.75, 3.05) is 19.6 Å². The van der Waals surface area contributed by atoms with Crippen molar-refractivity contribution in [1.82, 2.24) is 4.90 Å². The number of hydrogen-bond donors (Lipinski definition) is 1. The smallest absolute Gasteiger partial charge is 0.123 e. The molecule has 3 rings (SSSR count). The lowest BCUT2D eigenvalue weighted by molar-refractivity contribution is 0.207. The van der Waals surface area contributed by atoms with Crippen LogP contribution >= 0.6 is 12.4 Å². The Bertz CT molecular complexity index is 577. The molecule has 0 aromatic heterocycles. The van der Waals surface area contributed by atoms with E-state index in [1.807, 2.05) is 24.3 Å². The molecule has 24 heavy (non-hydrogen) atoms. The van der Waals surface area contributed by atoms with Crippen molar-refractivity contribution in [3.8, 4) is 0 Å². The molecule has 1 heterocycles. The van der Waals surface area contributed by atoms with Crippen LogP contribution in [0.3, 0.4) is 0 Å². The van der Waals surface area contributed by atoms with Crippen LogP contribution in [0.25, 0.3) is 0 Å². The monoisotopic (exact) mass is 352 g/mol. The highest BCUT2D eigenvalue weighted by molar-refractivity contribution is 5.85. The molecule has 2 nitrogen and oxygen atoms in total. The van der Waals surface area contributed by atoms with Crippen LogP contribution < -0.4 is 5.73 Å². The zero-order chi connectivity index (χ0) is 16.2. The van der Waals surface area contributed by atoms with Crippen LogP contribution in [-0.4, -0.2) is 30.6 Å². The minimum atomic E-state index is -0.240. The second-order valence-electron chi connectivity index (χ2n) is 6.29. The molecule has 0 unspecified atom stereocenters. The van der Waals surface area contributed by atoms with Crippen LogP contribution in [0.2, 0.25) is 0 Å². The lowest BCUT2D eigenvalue weighted by Gasteiger charge is -2.33. The van der Waals surface area contributed by atoms with Gasteiger partial charge < -0.3 is 10.6 Å². The molecule has 0 aliphatic carbocycles. The maximum Gasteiger partial charge on any atom is 0.123 e. The van der Waals surface area contributed by atoms with Crippen molar-refractivity contribution in [3.63, 3.8) is 0 Å². The Labute approximate surface area is 148 Å². The third-order valence-electron chi connectivity index (χ3n) is 4.62. The van der Waals surface area contributed by atoms with E-state index in [1.165, 1.54) is 24.3 Å². The topological polar surface area (TPSA) is 29.3 Å². The predicted octanol–water partition coefficient (Wildman–Crippen LogP) is 3.94. The standard InChI is InChI=1S/C19H22F2N2.ClH/c20-16-5-1-14(2-6-16)19(15-3-7-17(21)8-4-15)13-23-11-9-18(22)10-12-23;/h1-8,18-19H,9-13,22H2;1H. The number of piperidine rings is 1. The molecule has 1 fully saturated rings. The summed E-state index contributed by atoms with van der Waals surface area (Å²) in [6.45, 7) is 2.78. The van der Waals surface area contributed by atoms with E-state index in [9.17, 15) is 8.78 Å². The molecule has 2 aromatic carbocycles. The highest BCUT2D eigenvalue weighted by Crippen LogP contribution is 2.27. The van der Waals surface area contributed by atoms with Crippen LogP contribution in [0.1, 0.15) is 29.9 Å². The number of benzene rings is 2. The maximum absolute atomic E-state index is 13.2. The Morgan fingerprint density at radius 1 is 0.875 bits per heavy atom. The summed E-state index contributed by atoms with van der Waals surface area (Å²) < 4.78 is 26.5. The first kappa shape index (κ1) is 18.8. The van der Waals surface area contributed by atoms with Crippen molar-refractivity contribution in [2.24, 2.45) is 5.73 Å². The van der Waals surface area contributed by atoms with Crippen LogP contribution in [0.4, 0.5) is 8.78 Å². The van der Waals surface area contributed by atoms with Gasteiger partial charge in [-0.1, -0.05) is 24.3 Å². The number of nitrogens with two attached hydrogens (primary N) is 1. The molecule has 0 spiro atoms. The molecule has 5 heteroatoms. The van der Waals surface area contributed by atoms with Crippen molar-refractivity contribution in [1.29, 1.82) is 0 Å². The first-order chi connectivity index (χ1) is 11.1. The van der Waals surface area contributed by atoms with Gasteiger partial charge in [0.25, 0.3) is 0 Å². The summed E-state index contributed by atoms with van der Waals surface area (Å²) >= 11 is 0. The summed E-state index contributed by atoms with van der Waals surface area (Å²) in [4.78, 5) is 2.39. The second kappa shape index (κ2) is 8.56. The van der Waals surface area contributed by atoms with E-state index < -0.39 is 0 Å². The third kappa shape index (κ3) is 4.76. The molecule has 0 bridgehead atoms. The molecule has 0 atom stereocenters. The molecule has 1 aliphatic rings. The van der Waals surface area contributed by atoms with Crippen molar-refractivity contribution in [3.05, 3.63) is 71.3 Å². The quantitative estimate of drug-likeness (QED) is 0.903. The van der Waals surface area contributed by atoms with E-state index >= 15 is 0 Å². The van der Waals surface area contributed by atoms with Gasteiger partial charge in [-0.05, 0) is 61.3 Å². The van der Waals surface area contributed by atoms with Gasteiger partial charge in [0.1, 0.15) is 11.6 Å². The van der Waals surface area contributed by atoms with E-state index in [2.05, 4.69) is 4.90 Å². The minimum Gasteiger partial charge on any atom is -0.328 e. The average molecular weight is 353 g/mol. The number of halogens is 3. The fourth-order valence-corrected chi connectivity index (χ4v) is 3.19. The number of hydrogen-bond acceptors (Lipinski definition) is 2. The zero-order valence-electron chi connectivity index (χ0n) is 13.5. The SMILES string of the molecule is Cl.NC1CCN(CC(c2ccc(F)cc2)c2ccc(F)cc2)CC1. The van der Waals surface area contributed by atoms with E-state index in [0.29, 0.717) is 6.04 Å². The molecule has 0 radical (unpaired) electrons. The number of likely N-dealkylation sites (tertiary alicyclic amines) is 1. The molecular weight excluding hydrogens is 330 g/mol. The normalized spacial score (nSPS) is 16.2. The Kier molecular flexibility index (Phi) is 6.72. The molecule has 2 N–H and O–H groups in total. The van der Waals surface area contributed by atoms with Crippen LogP contribution in [0.5, 0.6) is 0 Å². The fourth-order valence-electron chi connectivity index (χ4n) is 3.19. The van der Waals surface area contributed by atoms with Gasteiger partial charge in [-0.15, -0.1) is 12.4 Å². The van der Waals surface area contributed by atoms with Crippen LogP contribution in [-0.2, 0) is 0 Å². The summed E-state index contributed by atoms with van der Waals surface area (Å²) in [5.41, 5.74) is 8.07. The van der Waals surface area contributed by atoms with Crippen molar-refractivity contribution < 1.29 is 8.78 Å². The zero-order valence-corrected chi connectivity index (χ0v) is 14.3. The van der Waals surface area contributed by atoms with Gasteiger partial charge in [-0.3, -0.25) is 0 Å². The Morgan fingerprint density at radius 3 is 1.71 bits per heavy atom. The van der Waals surface area contributed by atoms with Crippen molar-refractivity contribution >= 4 is 12.4 Å². The number of rotatable bonds is 4. The Hall–Kier alpha value is -1.49. The molecule has 130 valence electrons. The first-order valence-corrected chi connectivity index (χ1v) is 8.10. The van der Waals surface area contributed by atoms with Crippen LogP contribution in [0.15, 0.2) is 48.5 Å². The maximum atomic E-state index is 13.2. The van der Waals surface area contributed by atoms with E-state index in [-0.39, 0.29) is 30.0 Å². The molecule has 2 aromatic rings. The Morgan fingerprint density at radius 2 is 1.29 bits per heavy atom. The Balaban J connectivity index is 0.00000208. The van der Waals surface area contributed by atoms with Crippen molar-refractivity contribution in [2.45, 2.75) is 24.8 Å². The van der Waals surface area contributed by atoms with Gasteiger partial charge in [-0.25, -0.2) is 8.78 Å². The summed E-state index contributed by atoms with van der Waals surface area (Å²) in [6.07, 6.45) is 2.00. The predicted molar refractivity (Wildman–Crippen MR) is 95.5 cm³/mol. The van der Waals surface area contributed by atoms with Gasteiger partial charge in [0.2, 0.25) is 0 Å². The lowest BCUT2D eigenvalue weighted by atomic mass is 9.90. The lowest BCUT2D eigenvalue weighted by Crippen LogP contribution is -2.41. The van der Waals surface area contributed by atoms with Crippen LogP contribution in [0, 0.1) is 11.6 Å². The molecule has 0 amide bonds. The molecule has 0 saturated carbocycles. The highest BCUT2D eigenvalue weighted by atomic mass is 35.5. The van der Waals surface area contributed by atoms with Gasteiger partial charge in [0.05, 0.1) is 0 Å². The van der Waals surface area contributed by atoms with Gasteiger partial charge >= 0.3 is 0 Å².